The minimum absolute atomic E-state index is 0.0200. The lowest BCUT2D eigenvalue weighted by molar-refractivity contribution is -0.252. The minimum atomic E-state index is -0.470. The Balaban J connectivity index is 0.925. The van der Waals surface area contributed by atoms with Gasteiger partial charge in [-0.25, -0.2) is 4.98 Å². The molecule has 2 heterocycles. The number of aromatic nitrogens is 2. The Labute approximate surface area is 391 Å². The molecular weight excluding hydrogens is 811 g/mol. The number of nitrogens with zero attached hydrogens (tertiary/aromatic N) is 2. The van der Waals surface area contributed by atoms with Crippen LogP contribution in [0.15, 0.2) is 30.5 Å². The fourth-order valence-corrected chi connectivity index (χ4v) is 17.3. The number of hydrogen-bond acceptors (Lipinski definition) is 7. The van der Waals surface area contributed by atoms with Crippen molar-refractivity contribution in [1.82, 2.24) is 14.9 Å². The van der Waals surface area contributed by atoms with Crippen LogP contribution in [-0.4, -0.2) is 59.1 Å². The summed E-state index contributed by atoms with van der Waals surface area (Å²) in [7, 11) is 1.69. The number of methoxy groups -OCH3 is 1. The second-order valence-electron chi connectivity index (χ2n) is 24.8. The molecule has 6 saturated carbocycles. The molecule has 1 saturated heterocycles. The van der Waals surface area contributed by atoms with Gasteiger partial charge >= 0.3 is 11.9 Å². The standard InChI is InChI=1S/C56H83N3O6/c1-12-13-31-64-48(60)39-32-40(51(39,4)5)49(61)65-45-24-25-53(8)43(52(45,6)7)23-26-55(10)44(53)21-20-38-46-37(34(2)3)22-27-56(46,29-28-54(38,55)9)50(62)59-30-14-15-42(59)47-57-33-41(58-47)35-16-18-36(63-11)19-17-35/h16-19,33-34,37-40,42-46H,12-15,20-32H2,1-11H3,(H,57,58)/t37-,38+,39-,40+,42?,43-,44+,45-,46+,53-,54+,55+,56-/m0/s1. The van der Waals surface area contributed by atoms with Crippen molar-refractivity contribution in [2.24, 2.45) is 79.8 Å². The number of carbonyl (C=O) groups excluding carboxylic acids is 3. The molecule has 7 aliphatic rings. The molecule has 2 aromatic rings. The molecule has 9 rings (SSSR count). The number of imidazole rings is 1. The summed E-state index contributed by atoms with van der Waals surface area (Å²) >= 11 is 0. The van der Waals surface area contributed by atoms with Crippen LogP contribution in [0, 0.1) is 79.8 Å². The van der Waals surface area contributed by atoms with Gasteiger partial charge in [-0.2, -0.15) is 0 Å². The van der Waals surface area contributed by atoms with E-state index in [1.54, 1.807) is 7.11 Å². The molecule has 0 bridgehead atoms. The summed E-state index contributed by atoms with van der Waals surface area (Å²) in [5.41, 5.74) is 1.56. The van der Waals surface area contributed by atoms with Gasteiger partial charge in [-0.15, -0.1) is 0 Å². The van der Waals surface area contributed by atoms with Crippen molar-refractivity contribution in [3.05, 3.63) is 36.3 Å². The normalized spacial score (nSPS) is 40.2. The number of likely N-dealkylation sites (tertiary alicyclic amines) is 1. The largest absolute Gasteiger partial charge is 0.497 e. The molecule has 9 heteroatoms. The monoisotopic (exact) mass is 894 g/mol. The van der Waals surface area contributed by atoms with Crippen molar-refractivity contribution in [2.75, 3.05) is 20.3 Å². The third kappa shape index (κ3) is 7.08. The van der Waals surface area contributed by atoms with E-state index in [1.165, 1.54) is 19.3 Å². The van der Waals surface area contributed by atoms with Crippen molar-refractivity contribution in [3.63, 3.8) is 0 Å². The number of aromatic amines is 1. The molecule has 9 nitrogen and oxygen atoms in total. The summed E-state index contributed by atoms with van der Waals surface area (Å²) in [6.45, 7) is 25.1. The molecule has 0 spiro atoms. The predicted molar refractivity (Wildman–Crippen MR) is 254 cm³/mol. The van der Waals surface area contributed by atoms with Gasteiger partial charge < -0.3 is 24.1 Å². The fraction of sp³-hybridized carbons (Fsp3) is 0.786. The summed E-state index contributed by atoms with van der Waals surface area (Å²) in [5.74, 6) is 4.38. The fourth-order valence-electron chi connectivity index (χ4n) is 17.3. The molecule has 1 aliphatic heterocycles. The first-order chi connectivity index (χ1) is 30.8. The average Bonchev–Trinajstić information content (AvgIpc) is 4.04. The quantitative estimate of drug-likeness (QED) is 0.177. The van der Waals surface area contributed by atoms with E-state index in [4.69, 9.17) is 19.2 Å². The Hall–Kier alpha value is -3.36. The second kappa shape index (κ2) is 16.7. The van der Waals surface area contributed by atoms with Gasteiger partial charge in [0.25, 0.3) is 0 Å². The van der Waals surface area contributed by atoms with Gasteiger partial charge in [-0.3, -0.25) is 14.4 Å². The van der Waals surface area contributed by atoms with Crippen LogP contribution in [0.3, 0.4) is 0 Å². The van der Waals surface area contributed by atoms with Gasteiger partial charge in [0.15, 0.2) is 0 Å². The Kier molecular flexibility index (Phi) is 12.0. The zero-order chi connectivity index (χ0) is 46.5. The van der Waals surface area contributed by atoms with E-state index in [1.807, 2.05) is 32.2 Å². The number of rotatable bonds is 11. The second-order valence-corrected chi connectivity index (χ2v) is 24.8. The number of amides is 1. The lowest BCUT2D eigenvalue weighted by Gasteiger charge is -2.73. The minimum Gasteiger partial charge on any atom is -0.497 e. The molecule has 65 heavy (non-hydrogen) atoms. The van der Waals surface area contributed by atoms with Crippen molar-refractivity contribution in [1.29, 1.82) is 0 Å². The van der Waals surface area contributed by atoms with Crippen molar-refractivity contribution in [2.45, 2.75) is 178 Å². The van der Waals surface area contributed by atoms with E-state index in [0.717, 1.165) is 100 Å². The van der Waals surface area contributed by atoms with E-state index in [-0.39, 0.29) is 63.0 Å². The Morgan fingerprint density at radius 1 is 0.815 bits per heavy atom. The number of hydrogen-bond donors (Lipinski definition) is 1. The summed E-state index contributed by atoms with van der Waals surface area (Å²) < 4.78 is 17.6. The molecule has 13 atom stereocenters. The molecule has 358 valence electrons. The number of carbonyl (C=O) groups is 3. The van der Waals surface area contributed by atoms with Gasteiger partial charge in [0, 0.05) is 12.0 Å². The van der Waals surface area contributed by atoms with Gasteiger partial charge in [-0.1, -0.05) is 75.7 Å². The van der Waals surface area contributed by atoms with Crippen molar-refractivity contribution in [3.8, 4) is 17.0 Å². The van der Waals surface area contributed by atoms with Crippen LogP contribution < -0.4 is 4.74 Å². The number of esters is 2. The molecule has 1 N–H and O–H groups in total. The summed E-state index contributed by atoms with van der Waals surface area (Å²) in [6, 6.07) is 8.08. The molecular formula is C56H83N3O6. The van der Waals surface area contributed by atoms with Crippen LogP contribution in [0.5, 0.6) is 5.75 Å². The average molecular weight is 894 g/mol. The van der Waals surface area contributed by atoms with Crippen LogP contribution in [0.4, 0.5) is 0 Å². The molecule has 1 aromatic carbocycles. The van der Waals surface area contributed by atoms with Gasteiger partial charge in [0.05, 0.1) is 48.9 Å². The SMILES string of the molecule is CCCCOC(=O)[C@@H]1C[C@H](C(=O)O[C@H]2CC[C@]3(C)[C@H]4CC[C@@H]5[C@H]6[C@H](C(C)C)CC[C@]6(C(=O)N6CCCC6c6ncc(-c7ccc(OC)cc7)[nH]6)CC[C@@]5(C)[C@]4(C)CC[C@H]3C2(C)C)C1(C)C. The van der Waals surface area contributed by atoms with Gasteiger partial charge in [-0.05, 0) is 177 Å². The molecule has 1 aromatic heterocycles. The van der Waals surface area contributed by atoms with Crippen LogP contribution in [0.25, 0.3) is 11.3 Å². The van der Waals surface area contributed by atoms with E-state index >= 15 is 4.79 Å². The van der Waals surface area contributed by atoms with Crippen molar-refractivity contribution < 1.29 is 28.6 Å². The van der Waals surface area contributed by atoms with Crippen LogP contribution >= 0.6 is 0 Å². The van der Waals surface area contributed by atoms with Crippen molar-refractivity contribution >= 4 is 17.8 Å². The Morgan fingerprint density at radius 3 is 2.25 bits per heavy atom. The Morgan fingerprint density at radius 2 is 1.55 bits per heavy atom. The van der Waals surface area contributed by atoms with E-state index in [2.05, 4.69) is 77.4 Å². The van der Waals surface area contributed by atoms with Gasteiger partial charge in [0.2, 0.25) is 5.91 Å². The highest BCUT2D eigenvalue weighted by molar-refractivity contribution is 5.85. The zero-order valence-electron chi connectivity index (χ0n) is 42.0. The molecule has 0 radical (unpaired) electrons. The molecule has 1 unspecified atom stereocenters. The highest BCUT2D eigenvalue weighted by Crippen LogP contribution is 2.78. The first-order valence-corrected chi connectivity index (χ1v) is 26.2. The number of H-pyrrole nitrogens is 1. The third-order valence-corrected chi connectivity index (χ3v) is 21.4. The third-order valence-electron chi connectivity index (χ3n) is 21.4. The number of ether oxygens (including phenoxy) is 3. The molecule has 7 fully saturated rings. The number of unbranched alkanes of at least 4 members (excludes halogenated alkanes) is 1. The number of benzene rings is 1. The highest BCUT2D eigenvalue weighted by Gasteiger charge is 2.73. The van der Waals surface area contributed by atoms with E-state index < -0.39 is 5.41 Å². The zero-order valence-corrected chi connectivity index (χ0v) is 42.0. The van der Waals surface area contributed by atoms with Crippen LogP contribution in [-0.2, 0) is 23.9 Å². The first kappa shape index (κ1) is 46.7. The number of nitrogens with one attached hydrogen (secondary N) is 1. The maximum atomic E-state index is 15.7. The maximum Gasteiger partial charge on any atom is 0.309 e. The maximum absolute atomic E-state index is 15.7. The Bertz CT molecular complexity index is 2110. The first-order valence-electron chi connectivity index (χ1n) is 26.2. The highest BCUT2D eigenvalue weighted by atomic mass is 16.5. The lowest BCUT2D eigenvalue weighted by Crippen LogP contribution is -2.67. The van der Waals surface area contributed by atoms with E-state index in [9.17, 15) is 9.59 Å². The molecule has 6 aliphatic carbocycles. The van der Waals surface area contributed by atoms with E-state index in [0.29, 0.717) is 54.4 Å². The van der Waals surface area contributed by atoms with Gasteiger partial charge in [0.1, 0.15) is 17.7 Å². The van der Waals surface area contributed by atoms with Crippen LogP contribution in [0.2, 0.25) is 0 Å². The summed E-state index contributed by atoms with van der Waals surface area (Å²) in [5, 5.41) is 0. The number of fused-ring (bicyclic) bond motifs is 7. The smallest absolute Gasteiger partial charge is 0.309 e. The predicted octanol–water partition coefficient (Wildman–Crippen LogP) is 12.4. The lowest BCUT2D eigenvalue weighted by atomic mass is 9.32. The van der Waals surface area contributed by atoms with Crippen LogP contribution in [0.1, 0.15) is 177 Å². The summed E-state index contributed by atoms with van der Waals surface area (Å²) in [4.78, 5) is 53.5. The summed E-state index contributed by atoms with van der Waals surface area (Å²) in [6.07, 6.45) is 17.1. The molecule has 1 amide bonds. The topological polar surface area (TPSA) is 111 Å².